The van der Waals surface area contributed by atoms with Crippen LogP contribution in [0, 0.1) is 17.0 Å². The first-order valence-electron chi connectivity index (χ1n) is 7.38. The first-order chi connectivity index (χ1) is 11.9. The number of nitrogens with two attached hydrogens (primary N) is 2. The van der Waals surface area contributed by atoms with Crippen molar-refractivity contribution in [1.29, 1.82) is 0 Å². The van der Waals surface area contributed by atoms with Gasteiger partial charge in [0.25, 0.3) is 11.6 Å². The Morgan fingerprint density at radius 3 is 2.24 bits per heavy atom. The number of non-ortho nitro benzene ring substituents is 1. The average Bonchev–Trinajstić information content (AvgIpc) is 2.93. The fraction of sp³-hybridized carbons (Fsp3) is 0.0588. The van der Waals surface area contributed by atoms with Crippen molar-refractivity contribution in [3.05, 3.63) is 69.8 Å². The van der Waals surface area contributed by atoms with E-state index >= 15 is 0 Å². The molecule has 4 N–H and O–H groups in total. The van der Waals surface area contributed by atoms with E-state index in [1.165, 1.54) is 28.9 Å². The van der Waals surface area contributed by atoms with Crippen molar-refractivity contribution in [2.75, 3.05) is 5.73 Å². The smallest absolute Gasteiger partial charge is 0.269 e. The van der Waals surface area contributed by atoms with Crippen LogP contribution in [0.15, 0.2) is 48.5 Å². The molecule has 3 aromatic rings. The zero-order valence-corrected chi connectivity index (χ0v) is 13.3. The number of benzene rings is 2. The Bertz CT molecular complexity index is 959. The van der Waals surface area contributed by atoms with E-state index in [4.69, 9.17) is 11.5 Å². The van der Waals surface area contributed by atoms with E-state index in [1.54, 1.807) is 0 Å². The number of carbonyl (C=O) groups excluding carboxylic acids is 1. The highest BCUT2D eigenvalue weighted by atomic mass is 16.6. The maximum absolute atomic E-state index is 11.9. The van der Waals surface area contributed by atoms with E-state index < -0.39 is 10.8 Å². The zero-order chi connectivity index (χ0) is 18.1. The molecular formula is C17H15N5O3. The fourth-order valence-corrected chi connectivity index (χ4v) is 2.50. The van der Waals surface area contributed by atoms with E-state index in [1.807, 2.05) is 31.2 Å². The van der Waals surface area contributed by atoms with Crippen LogP contribution >= 0.6 is 0 Å². The molecule has 0 fully saturated rings. The van der Waals surface area contributed by atoms with Gasteiger partial charge in [-0.3, -0.25) is 14.9 Å². The molecule has 0 saturated carbocycles. The van der Waals surface area contributed by atoms with Crippen molar-refractivity contribution in [2.45, 2.75) is 6.92 Å². The van der Waals surface area contributed by atoms with Crippen LogP contribution in [0.2, 0.25) is 0 Å². The molecule has 0 atom stereocenters. The van der Waals surface area contributed by atoms with Gasteiger partial charge in [0.2, 0.25) is 0 Å². The van der Waals surface area contributed by atoms with Crippen LogP contribution in [0.1, 0.15) is 15.9 Å². The van der Waals surface area contributed by atoms with Crippen LogP contribution in [-0.2, 0) is 0 Å². The summed E-state index contributed by atoms with van der Waals surface area (Å²) in [4.78, 5) is 22.1. The number of anilines is 1. The number of hydrogen-bond acceptors (Lipinski definition) is 5. The third-order valence-electron chi connectivity index (χ3n) is 3.80. The summed E-state index contributed by atoms with van der Waals surface area (Å²) in [7, 11) is 0. The minimum absolute atomic E-state index is 0.0524. The number of aromatic nitrogens is 2. The molecule has 0 aliphatic carbocycles. The summed E-state index contributed by atoms with van der Waals surface area (Å²) in [6, 6.07) is 13.1. The Balaban J connectivity index is 2.15. The van der Waals surface area contributed by atoms with Gasteiger partial charge in [-0.2, -0.15) is 5.10 Å². The number of rotatable bonds is 4. The van der Waals surface area contributed by atoms with Crippen LogP contribution in [0.5, 0.6) is 0 Å². The number of nitro groups is 1. The molecule has 126 valence electrons. The Kier molecular flexibility index (Phi) is 3.94. The largest absolute Gasteiger partial charge is 0.383 e. The highest BCUT2D eigenvalue weighted by Crippen LogP contribution is 2.29. The molecule has 0 spiro atoms. The molecule has 0 aliphatic rings. The van der Waals surface area contributed by atoms with E-state index in [0.717, 1.165) is 5.56 Å². The Morgan fingerprint density at radius 1 is 1.12 bits per heavy atom. The predicted molar refractivity (Wildman–Crippen MR) is 93.3 cm³/mol. The summed E-state index contributed by atoms with van der Waals surface area (Å²) in [5, 5.41) is 15.2. The molecule has 3 rings (SSSR count). The second-order valence-corrected chi connectivity index (χ2v) is 5.52. The van der Waals surface area contributed by atoms with Crippen molar-refractivity contribution in [1.82, 2.24) is 9.78 Å². The number of nitro benzene ring substituents is 1. The Morgan fingerprint density at radius 2 is 1.72 bits per heavy atom. The van der Waals surface area contributed by atoms with Gasteiger partial charge in [0.1, 0.15) is 17.1 Å². The maximum Gasteiger partial charge on any atom is 0.269 e. The molecule has 0 bridgehead atoms. The van der Waals surface area contributed by atoms with Gasteiger partial charge in [-0.25, -0.2) is 4.68 Å². The van der Waals surface area contributed by atoms with Crippen molar-refractivity contribution in [3.8, 4) is 16.9 Å². The van der Waals surface area contributed by atoms with Crippen LogP contribution in [0.25, 0.3) is 16.9 Å². The van der Waals surface area contributed by atoms with Gasteiger partial charge in [-0.15, -0.1) is 0 Å². The van der Waals surface area contributed by atoms with Crippen molar-refractivity contribution < 1.29 is 9.72 Å². The normalized spacial score (nSPS) is 10.6. The lowest BCUT2D eigenvalue weighted by molar-refractivity contribution is -0.384. The molecular weight excluding hydrogens is 322 g/mol. The standard InChI is InChI=1S/C17H15N5O3/c1-10-2-4-11(5-3-10)15-14(17(19)23)16(18)21(20-15)12-6-8-13(9-7-12)22(24)25/h2-9H,18H2,1H3,(H2,19,23). The van der Waals surface area contributed by atoms with Crippen molar-refractivity contribution >= 4 is 17.4 Å². The van der Waals surface area contributed by atoms with E-state index in [2.05, 4.69) is 5.10 Å². The monoisotopic (exact) mass is 337 g/mol. The lowest BCUT2D eigenvalue weighted by atomic mass is 10.1. The molecule has 1 heterocycles. The summed E-state index contributed by atoms with van der Waals surface area (Å²) in [6.07, 6.45) is 0. The van der Waals surface area contributed by atoms with Crippen LogP contribution in [0.3, 0.4) is 0 Å². The highest BCUT2D eigenvalue weighted by molar-refractivity contribution is 6.03. The van der Waals surface area contributed by atoms with Crippen LogP contribution < -0.4 is 11.5 Å². The molecule has 0 radical (unpaired) electrons. The van der Waals surface area contributed by atoms with Crippen molar-refractivity contribution in [2.24, 2.45) is 5.73 Å². The van der Waals surface area contributed by atoms with Crippen LogP contribution in [0.4, 0.5) is 11.5 Å². The number of aryl methyl sites for hydroxylation is 1. The topological polar surface area (TPSA) is 130 Å². The average molecular weight is 337 g/mol. The maximum atomic E-state index is 11.9. The summed E-state index contributed by atoms with van der Waals surface area (Å²) in [5.74, 6) is -0.613. The molecule has 0 aliphatic heterocycles. The first kappa shape index (κ1) is 16.2. The van der Waals surface area contributed by atoms with Gasteiger partial charge >= 0.3 is 0 Å². The Hall–Kier alpha value is -3.68. The predicted octanol–water partition coefficient (Wildman–Crippen LogP) is 2.44. The molecule has 0 saturated heterocycles. The minimum Gasteiger partial charge on any atom is -0.383 e. The lowest BCUT2D eigenvalue weighted by Crippen LogP contribution is -2.14. The summed E-state index contributed by atoms with van der Waals surface area (Å²) < 4.78 is 1.35. The molecule has 8 heteroatoms. The SMILES string of the molecule is Cc1ccc(-c2nn(-c3ccc([N+](=O)[O-])cc3)c(N)c2C(N)=O)cc1. The van der Waals surface area contributed by atoms with Gasteiger partial charge < -0.3 is 11.5 Å². The fourth-order valence-electron chi connectivity index (χ4n) is 2.50. The summed E-state index contributed by atoms with van der Waals surface area (Å²) in [5.41, 5.74) is 14.2. The number of primary amides is 1. The number of nitrogens with zero attached hydrogens (tertiary/aromatic N) is 3. The number of carbonyl (C=O) groups is 1. The number of amides is 1. The lowest BCUT2D eigenvalue weighted by Gasteiger charge is -2.03. The summed E-state index contributed by atoms with van der Waals surface area (Å²) in [6.45, 7) is 1.95. The van der Waals surface area contributed by atoms with Gasteiger partial charge in [0, 0.05) is 17.7 Å². The van der Waals surface area contributed by atoms with Gasteiger partial charge in [-0.1, -0.05) is 29.8 Å². The molecule has 8 nitrogen and oxygen atoms in total. The highest BCUT2D eigenvalue weighted by Gasteiger charge is 2.22. The molecule has 0 unspecified atom stereocenters. The zero-order valence-electron chi connectivity index (χ0n) is 13.3. The third-order valence-corrected chi connectivity index (χ3v) is 3.80. The summed E-state index contributed by atoms with van der Waals surface area (Å²) >= 11 is 0. The quantitative estimate of drug-likeness (QED) is 0.558. The second kappa shape index (κ2) is 6.08. The molecule has 1 aromatic heterocycles. The van der Waals surface area contributed by atoms with E-state index in [-0.39, 0.29) is 17.1 Å². The second-order valence-electron chi connectivity index (χ2n) is 5.52. The number of nitrogen functional groups attached to an aromatic ring is 1. The molecule has 1 amide bonds. The van der Waals surface area contributed by atoms with Gasteiger partial charge in [0.05, 0.1) is 10.6 Å². The van der Waals surface area contributed by atoms with Crippen LogP contribution in [-0.4, -0.2) is 20.6 Å². The van der Waals surface area contributed by atoms with E-state index in [0.29, 0.717) is 16.9 Å². The molecule has 25 heavy (non-hydrogen) atoms. The Labute approximate surface area is 142 Å². The third kappa shape index (κ3) is 2.92. The molecule has 2 aromatic carbocycles. The van der Waals surface area contributed by atoms with Gasteiger partial charge in [0.15, 0.2) is 0 Å². The van der Waals surface area contributed by atoms with E-state index in [9.17, 15) is 14.9 Å². The van der Waals surface area contributed by atoms with Gasteiger partial charge in [-0.05, 0) is 19.1 Å². The minimum atomic E-state index is -0.693. The first-order valence-corrected chi connectivity index (χ1v) is 7.38. The van der Waals surface area contributed by atoms with Crippen molar-refractivity contribution in [3.63, 3.8) is 0 Å². The number of hydrogen-bond donors (Lipinski definition) is 2.